The number of carbonyl (C=O) groups is 2. The molecule has 0 bridgehead atoms. The van der Waals surface area contributed by atoms with E-state index in [1.165, 1.54) is 11.0 Å². The molecule has 0 unspecified atom stereocenters. The highest BCUT2D eigenvalue weighted by atomic mass is 79.9. The van der Waals surface area contributed by atoms with Crippen LogP contribution in [0.4, 0.5) is 4.39 Å². The number of benzene rings is 2. The molecule has 0 aliphatic rings. The van der Waals surface area contributed by atoms with E-state index < -0.39 is 11.9 Å². The number of nitrogens with zero attached hydrogens (tertiary/aromatic N) is 1. The summed E-state index contributed by atoms with van der Waals surface area (Å²) >= 11 is 3.39. The molecule has 4 nitrogen and oxygen atoms in total. The Hall–Kier alpha value is -2.21. The Morgan fingerprint density at radius 2 is 1.81 bits per heavy atom. The van der Waals surface area contributed by atoms with Crippen molar-refractivity contribution in [3.63, 3.8) is 0 Å². The Bertz CT molecular complexity index is 780. The summed E-state index contributed by atoms with van der Waals surface area (Å²) in [4.78, 5) is 26.9. The Balaban J connectivity index is 2.21. The minimum absolute atomic E-state index is 0.0887. The van der Waals surface area contributed by atoms with Crippen molar-refractivity contribution in [3.8, 4) is 0 Å². The van der Waals surface area contributed by atoms with E-state index in [9.17, 15) is 14.0 Å². The molecule has 27 heavy (non-hydrogen) atoms. The van der Waals surface area contributed by atoms with E-state index in [1.54, 1.807) is 25.1 Å². The van der Waals surface area contributed by atoms with Crippen LogP contribution < -0.4 is 5.32 Å². The molecule has 0 saturated heterocycles. The number of hydrogen-bond donors (Lipinski definition) is 1. The van der Waals surface area contributed by atoms with Gasteiger partial charge in [-0.05, 0) is 42.7 Å². The van der Waals surface area contributed by atoms with E-state index in [0.717, 1.165) is 16.5 Å². The summed E-state index contributed by atoms with van der Waals surface area (Å²) < 4.78 is 14.9. The highest BCUT2D eigenvalue weighted by Gasteiger charge is 2.26. The van der Waals surface area contributed by atoms with Crippen LogP contribution in [-0.2, 0) is 22.6 Å². The molecule has 0 aliphatic heterocycles. The van der Waals surface area contributed by atoms with E-state index in [4.69, 9.17) is 0 Å². The van der Waals surface area contributed by atoms with Crippen molar-refractivity contribution in [2.45, 2.75) is 39.3 Å². The fraction of sp³-hybridized carbons (Fsp3) is 0.333. The normalized spacial score (nSPS) is 11.7. The second-order valence-electron chi connectivity index (χ2n) is 6.38. The Morgan fingerprint density at radius 1 is 1.15 bits per heavy atom. The SMILES string of the molecule is CCCNC(=O)[C@H](C)N(Cc1ccc(Br)cc1)C(=O)Cc1ccccc1F. The van der Waals surface area contributed by atoms with Crippen LogP contribution in [0.25, 0.3) is 0 Å². The first-order chi connectivity index (χ1) is 12.9. The van der Waals surface area contributed by atoms with E-state index in [0.29, 0.717) is 12.1 Å². The Labute approximate surface area is 167 Å². The summed E-state index contributed by atoms with van der Waals surface area (Å²) in [6.07, 6.45) is 0.725. The highest BCUT2D eigenvalue weighted by Crippen LogP contribution is 2.16. The lowest BCUT2D eigenvalue weighted by atomic mass is 10.1. The summed E-state index contributed by atoms with van der Waals surface area (Å²) in [6.45, 7) is 4.50. The van der Waals surface area contributed by atoms with Gasteiger partial charge in [-0.3, -0.25) is 9.59 Å². The van der Waals surface area contributed by atoms with Crippen molar-refractivity contribution in [1.82, 2.24) is 10.2 Å². The molecule has 1 N–H and O–H groups in total. The molecule has 0 saturated carbocycles. The minimum atomic E-state index is -0.653. The third-order valence-corrected chi connectivity index (χ3v) is 4.81. The first-order valence-electron chi connectivity index (χ1n) is 8.97. The monoisotopic (exact) mass is 434 g/mol. The van der Waals surface area contributed by atoms with Crippen LogP contribution in [0.3, 0.4) is 0 Å². The molecule has 6 heteroatoms. The standard InChI is InChI=1S/C21H24BrFN2O2/c1-3-12-24-21(27)15(2)25(14-16-8-10-18(22)11-9-16)20(26)13-17-6-4-5-7-19(17)23/h4-11,15H,3,12-14H2,1-2H3,(H,24,27)/t15-/m0/s1. The Morgan fingerprint density at radius 3 is 2.44 bits per heavy atom. The fourth-order valence-electron chi connectivity index (χ4n) is 2.67. The summed E-state index contributed by atoms with van der Waals surface area (Å²) in [5.41, 5.74) is 1.22. The molecule has 0 heterocycles. The molecule has 1 atom stereocenters. The Kier molecular flexibility index (Phi) is 7.98. The second-order valence-corrected chi connectivity index (χ2v) is 7.30. The molecular weight excluding hydrogens is 411 g/mol. The predicted molar refractivity (Wildman–Crippen MR) is 108 cm³/mol. The molecule has 144 valence electrons. The van der Waals surface area contributed by atoms with Gasteiger partial charge in [0.05, 0.1) is 6.42 Å². The minimum Gasteiger partial charge on any atom is -0.354 e. The third kappa shape index (κ3) is 6.17. The van der Waals surface area contributed by atoms with Gasteiger partial charge in [0.2, 0.25) is 11.8 Å². The van der Waals surface area contributed by atoms with Gasteiger partial charge in [-0.1, -0.05) is 53.2 Å². The molecule has 0 fully saturated rings. The van der Waals surface area contributed by atoms with Gasteiger partial charge in [-0.2, -0.15) is 0 Å². The largest absolute Gasteiger partial charge is 0.354 e. The van der Waals surface area contributed by atoms with Gasteiger partial charge in [0.25, 0.3) is 0 Å². The first-order valence-corrected chi connectivity index (χ1v) is 9.76. The maximum Gasteiger partial charge on any atom is 0.242 e. The van der Waals surface area contributed by atoms with Gasteiger partial charge in [0, 0.05) is 17.6 Å². The molecule has 0 spiro atoms. The fourth-order valence-corrected chi connectivity index (χ4v) is 2.94. The lowest BCUT2D eigenvalue weighted by Crippen LogP contribution is -2.48. The molecule has 0 aromatic heterocycles. The molecule has 2 aromatic rings. The quantitative estimate of drug-likeness (QED) is 0.680. The van der Waals surface area contributed by atoms with Crippen LogP contribution in [0, 0.1) is 5.82 Å². The van der Waals surface area contributed by atoms with E-state index >= 15 is 0 Å². The van der Waals surface area contributed by atoms with Crippen LogP contribution in [0.2, 0.25) is 0 Å². The molecule has 2 aromatic carbocycles. The summed E-state index contributed by atoms with van der Waals surface area (Å²) in [6, 6.07) is 13.1. The van der Waals surface area contributed by atoms with Gasteiger partial charge >= 0.3 is 0 Å². The van der Waals surface area contributed by atoms with Crippen LogP contribution in [0.1, 0.15) is 31.4 Å². The van der Waals surface area contributed by atoms with Crippen molar-refractivity contribution >= 4 is 27.7 Å². The van der Waals surface area contributed by atoms with Crippen LogP contribution in [0.15, 0.2) is 53.0 Å². The summed E-state index contributed by atoms with van der Waals surface area (Å²) in [7, 11) is 0. The van der Waals surface area contributed by atoms with Crippen molar-refractivity contribution in [2.24, 2.45) is 0 Å². The summed E-state index contributed by atoms with van der Waals surface area (Å²) in [5.74, 6) is -0.921. The summed E-state index contributed by atoms with van der Waals surface area (Å²) in [5, 5.41) is 2.82. The highest BCUT2D eigenvalue weighted by molar-refractivity contribution is 9.10. The van der Waals surface area contributed by atoms with E-state index in [2.05, 4.69) is 21.2 Å². The smallest absolute Gasteiger partial charge is 0.242 e. The topological polar surface area (TPSA) is 49.4 Å². The van der Waals surface area contributed by atoms with Crippen molar-refractivity contribution in [1.29, 1.82) is 0 Å². The number of carbonyl (C=O) groups excluding carboxylic acids is 2. The molecule has 2 amide bonds. The average Bonchev–Trinajstić information content (AvgIpc) is 2.66. The number of nitrogens with one attached hydrogen (secondary N) is 1. The number of amides is 2. The maximum atomic E-state index is 14.0. The zero-order valence-electron chi connectivity index (χ0n) is 15.5. The van der Waals surface area contributed by atoms with Crippen molar-refractivity contribution < 1.29 is 14.0 Å². The maximum absolute atomic E-state index is 14.0. The number of rotatable bonds is 8. The zero-order chi connectivity index (χ0) is 19.8. The molecule has 0 radical (unpaired) electrons. The predicted octanol–water partition coefficient (Wildman–Crippen LogP) is 4.07. The van der Waals surface area contributed by atoms with Crippen molar-refractivity contribution in [2.75, 3.05) is 6.54 Å². The van der Waals surface area contributed by atoms with Gasteiger partial charge in [-0.15, -0.1) is 0 Å². The van der Waals surface area contributed by atoms with E-state index in [-0.39, 0.29) is 24.8 Å². The van der Waals surface area contributed by atoms with E-state index in [1.807, 2.05) is 31.2 Å². The lowest BCUT2D eigenvalue weighted by molar-refractivity contribution is -0.140. The van der Waals surface area contributed by atoms with Gasteiger partial charge in [0.1, 0.15) is 11.9 Å². The van der Waals surface area contributed by atoms with Crippen LogP contribution >= 0.6 is 15.9 Å². The molecule has 2 rings (SSSR count). The van der Waals surface area contributed by atoms with Gasteiger partial charge in [-0.25, -0.2) is 4.39 Å². The third-order valence-electron chi connectivity index (χ3n) is 4.28. The van der Waals surface area contributed by atoms with Crippen LogP contribution in [0.5, 0.6) is 0 Å². The van der Waals surface area contributed by atoms with Crippen LogP contribution in [-0.4, -0.2) is 29.3 Å². The second kappa shape index (κ2) is 10.2. The first kappa shape index (κ1) is 21.1. The van der Waals surface area contributed by atoms with Gasteiger partial charge < -0.3 is 10.2 Å². The van der Waals surface area contributed by atoms with Gasteiger partial charge in [0.15, 0.2) is 0 Å². The molecular formula is C21H24BrFN2O2. The lowest BCUT2D eigenvalue weighted by Gasteiger charge is -2.29. The van der Waals surface area contributed by atoms with Crippen molar-refractivity contribution in [3.05, 3.63) is 69.9 Å². The zero-order valence-corrected chi connectivity index (χ0v) is 17.1. The average molecular weight is 435 g/mol. The molecule has 0 aliphatic carbocycles. The number of hydrogen-bond acceptors (Lipinski definition) is 2. The number of halogens is 2.